The Morgan fingerprint density at radius 2 is 1.89 bits per heavy atom. The molecular formula is C20H24N2O4S. The van der Waals surface area contributed by atoms with Gasteiger partial charge < -0.3 is 10.1 Å². The number of carbonyl (C=O) groups is 1. The van der Waals surface area contributed by atoms with Crippen LogP contribution in [0.25, 0.3) is 0 Å². The highest BCUT2D eigenvalue weighted by atomic mass is 32.2. The molecule has 7 heteroatoms. The zero-order valence-corrected chi connectivity index (χ0v) is 16.5. The number of benzene rings is 2. The minimum atomic E-state index is -3.74. The van der Waals surface area contributed by atoms with Crippen LogP contribution in [0.2, 0.25) is 0 Å². The molecule has 0 heterocycles. The molecular weight excluding hydrogens is 364 g/mol. The van der Waals surface area contributed by atoms with E-state index in [1.165, 1.54) is 19.2 Å². The van der Waals surface area contributed by atoms with Crippen LogP contribution in [0.5, 0.6) is 5.75 Å². The predicted molar refractivity (Wildman–Crippen MR) is 103 cm³/mol. The number of nitrogens with one attached hydrogen (secondary N) is 2. The van der Waals surface area contributed by atoms with E-state index in [0.29, 0.717) is 0 Å². The maximum atomic E-state index is 12.7. The Kier molecular flexibility index (Phi) is 5.53. The number of ether oxygens (including phenoxy) is 1. The average Bonchev–Trinajstić information content (AvgIpc) is 3.44. The summed E-state index contributed by atoms with van der Waals surface area (Å²) >= 11 is 0. The number of rotatable bonds is 7. The van der Waals surface area contributed by atoms with Gasteiger partial charge in [0.15, 0.2) is 0 Å². The third kappa shape index (κ3) is 4.48. The Morgan fingerprint density at radius 3 is 2.52 bits per heavy atom. The first-order valence-electron chi connectivity index (χ1n) is 8.88. The van der Waals surface area contributed by atoms with Crippen molar-refractivity contribution in [3.8, 4) is 5.75 Å². The summed E-state index contributed by atoms with van der Waals surface area (Å²) in [6.45, 7) is 3.88. The Balaban J connectivity index is 1.85. The van der Waals surface area contributed by atoms with Crippen LogP contribution in [-0.4, -0.2) is 27.5 Å². The molecule has 2 aromatic rings. The second-order valence-corrected chi connectivity index (χ2v) is 8.50. The van der Waals surface area contributed by atoms with Crippen molar-refractivity contribution in [3.05, 3.63) is 59.2 Å². The van der Waals surface area contributed by atoms with Crippen molar-refractivity contribution in [2.75, 3.05) is 7.11 Å². The molecule has 0 radical (unpaired) electrons. The molecule has 3 rings (SSSR count). The Hall–Kier alpha value is -2.38. The van der Waals surface area contributed by atoms with Gasteiger partial charge in [-0.1, -0.05) is 24.3 Å². The second kappa shape index (κ2) is 7.70. The molecule has 1 aliphatic rings. The van der Waals surface area contributed by atoms with E-state index < -0.39 is 10.0 Å². The predicted octanol–water partition coefficient (Wildman–Crippen LogP) is 2.94. The lowest BCUT2D eigenvalue weighted by Gasteiger charge is -2.17. The number of aryl methyl sites for hydroxylation is 1. The van der Waals surface area contributed by atoms with E-state index in [4.69, 9.17) is 4.74 Å². The normalized spacial score (nSPS) is 15.2. The molecule has 0 aliphatic heterocycles. The van der Waals surface area contributed by atoms with E-state index in [-0.39, 0.29) is 34.2 Å². The first kappa shape index (κ1) is 19.4. The fourth-order valence-electron chi connectivity index (χ4n) is 2.94. The van der Waals surface area contributed by atoms with E-state index in [0.717, 1.165) is 24.0 Å². The summed E-state index contributed by atoms with van der Waals surface area (Å²) in [4.78, 5) is 12.7. The first-order valence-corrected chi connectivity index (χ1v) is 10.4. The summed E-state index contributed by atoms with van der Waals surface area (Å²) in [6.07, 6.45) is 1.66. The van der Waals surface area contributed by atoms with Crippen molar-refractivity contribution in [2.45, 2.75) is 43.7 Å². The second-order valence-electron chi connectivity index (χ2n) is 6.81. The number of methoxy groups -OCH3 is 1. The van der Waals surface area contributed by atoms with Crippen molar-refractivity contribution < 1.29 is 17.9 Å². The minimum Gasteiger partial charge on any atom is -0.495 e. The Morgan fingerprint density at radius 1 is 1.19 bits per heavy atom. The van der Waals surface area contributed by atoms with Gasteiger partial charge in [0.25, 0.3) is 5.91 Å². The van der Waals surface area contributed by atoms with Gasteiger partial charge in [-0.2, -0.15) is 0 Å². The summed E-state index contributed by atoms with van der Waals surface area (Å²) in [5, 5.41) is 2.93. The summed E-state index contributed by atoms with van der Waals surface area (Å²) in [6, 6.07) is 12.0. The fraction of sp³-hybridized carbons (Fsp3) is 0.350. The number of amides is 1. The summed E-state index contributed by atoms with van der Waals surface area (Å²) in [5.41, 5.74) is 2.37. The lowest BCUT2D eigenvalue weighted by atomic mass is 10.0. The van der Waals surface area contributed by atoms with Gasteiger partial charge in [-0.3, -0.25) is 4.79 Å². The molecule has 0 aromatic heterocycles. The molecule has 1 amide bonds. The van der Waals surface area contributed by atoms with Crippen LogP contribution < -0.4 is 14.8 Å². The van der Waals surface area contributed by atoms with Gasteiger partial charge in [-0.25, -0.2) is 13.1 Å². The molecule has 0 bridgehead atoms. The van der Waals surface area contributed by atoms with Gasteiger partial charge in [0.1, 0.15) is 10.6 Å². The molecule has 1 fully saturated rings. The van der Waals surface area contributed by atoms with Crippen LogP contribution >= 0.6 is 0 Å². The van der Waals surface area contributed by atoms with Gasteiger partial charge in [-0.05, 0) is 56.0 Å². The average molecular weight is 388 g/mol. The zero-order chi connectivity index (χ0) is 19.6. The third-order valence-electron chi connectivity index (χ3n) is 4.62. The standard InChI is InChI=1S/C20H24N2O4S/c1-13-6-4-5-7-17(13)14(2)21-20(23)15-8-11-18(26-3)19(12-15)27(24,25)22-16-9-10-16/h4-8,11-12,14,16,22H,9-10H2,1-3H3,(H,21,23). The molecule has 1 unspecified atom stereocenters. The lowest BCUT2D eigenvalue weighted by molar-refractivity contribution is 0.0939. The maximum absolute atomic E-state index is 12.7. The SMILES string of the molecule is COc1ccc(C(=O)NC(C)c2ccccc2C)cc1S(=O)(=O)NC1CC1. The molecule has 2 aromatic carbocycles. The Labute approximate surface area is 160 Å². The van der Waals surface area contributed by atoms with E-state index >= 15 is 0 Å². The number of hydrogen-bond donors (Lipinski definition) is 2. The van der Waals surface area contributed by atoms with Crippen LogP contribution in [0.3, 0.4) is 0 Å². The van der Waals surface area contributed by atoms with E-state index in [1.54, 1.807) is 6.07 Å². The van der Waals surface area contributed by atoms with E-state index in [1.807, 2.05) is 38.1 Å². The quantitative estimate of drug-likeness (QED) is 0.764. The summed E-state index contributed by atoms with van der Waals surface area (Å²) in [7, 11) is -2.33. The van der Waals surface area contributed by atoms with Gasteiger partial charge in [0, 0.05) is 11.6 Å². The van der Waals surface area contributed by atoms with Crippen molar-refractivity contribution in [1.29, 1.82) is 0 Å². The molecule has 1 atom stereocenters. The lowest BCUT2D eigenvalue weighted by Crippen LogP contribution is -2.29. The van der Waals surface area contributed by atoms with Crippen molar-refractivity contribution in [3.63, 3.8) is 0 Å². The fourth-order valence-corrected chi connectivity index (χ4v) is 4.44. The summed E-state index contributed by atoms with van der Waals surface area (Å²) < 4.78 is 33.0. The molecule has 2 N–H and O–H groups in total. The molecule has 1 saturated carbocycles. The smallest absolute Gasteiger partial charge is 0.251 e. The molecule has 0 spiro atoms. The largest absolute Gasteiger partial charge is 0.495 e. The van der Waals surface area contributed by atoms with Crippen molar-refractivity contribution in [2.24, 2.45) is 0 Å². The Bertz CT molecular complexity index is 952. The number of hydrogen-bond acceptors (Lipinski definition) is 4. The molecule has 0 saturated heterocycles. The monoisotopic (exact) mass is 388 g/mol. The van der Waals surface area contributed by atoms with Crippen LogP contribution in [0, 0.1) is 6.92 Å². The van der Waals surface area contributed by atoms with Gasteiger partial charge >= 0.3 is 0 Å². The summed E-state index contributed by atoms with van der Waals surface area (Å²) in [5.74, 6) is -0.122. The highest BCUT2D eigenvalue weighted by Gasteiger charge is 2.30. The number of carbonyl (C=O) groups excluding carboxylic acids is 1. The van der Waals surface area contributed by atoms with Crippen LogP contribution in [0.1, 0.15) is 47.3 Å². The van der Waals surface area contributed by atoms with Crippen molar-refractivity contribution in [1.82, 2.24) is 10.0 Å². The molecule has 144 valence electrons. The minimum absolute atomic E-state index is 0.0203. The molecule has 27 heavy (non-hydrogen) atoms. The third-order valence-corrected chi connectivity index (χ3v) is 6.16. The van der Waals surface area contributed by atoms with Crippen LogP contribution in [-0.2, 0) is 10.0 Å². The maximum Gasteiger partial charge on any atom is 0.251 e. The molecule has 1 aliphatic carbocycles. The highest BCUT2D eigenvalue weighted by molar-refractivity contribution is 7.89. The van der Waals surface area contributed by atoms with Crippen molar-refractivity contribution >= 4 is 15.9 Å². The number of sulfonamides is 1. The van der Waals surface area contributed by atoms with E-state index in [2.05, 4.69) is 10.0 Å². The zero-order valence-electron chi connectivity index (χ0n) is 15.7. The first-order chi connectivity index (χ1) is 12.8. The van der Waals surface area contributed by atoms with E-state index in [9.17, 15) is 13.2 Å². The van der Waals surface area contributed by atoms with Gasteiger partial charge in [0.2, 0.25) is 10.0 Å². The van der Waals surface area contributed by atoms with Crippen LogP contribution in [0.15, 0.2) is 47.4 Å². The van der Waals surface area contributed by atoms with Gasteiger partial charge in [0.05, 0.1) is 13.2 Å². The topological polar surface area (TPSA) is 84.5 Å². The van der Waals surface area contributed by atoms with Crippen LogP contribution in [0.4, 0.5) is 0 Å². The van der Waals surface area contributed by atoms with Gasteiger partial charge in [-0.15, -0.1) is 0 Å². The molecule has 6 nitrogen and oxygen atoms in total. The highest BCUT2D eigenvalue weighted by Crippen LogP contribution is 2.28.